The quantitative estimate of drug-likeness (QED) is 0.586. The van der Waals surface area contributed by atoms with E-state index in [-0.39, 0.29) is 10.8 Å². The van der Waals surface area contributed by atoms with E-state index in [1.165, 1.54) is 0 Å². The van der Waals surface area contributed by atoms with E-state index < -0.39 is 16.2 Å². The molecule has 4 rings (SSSR count). The van der Waals surface area contributed by atoms with Gasteiger partial charge in [-0.3, -0.25) is 4.79 Å². The van der Waals surface area contributed by atoms with Gasteiger partial charge in [0.25, 0.3) is 5.91 Å². The fourth-order valence-corrected chi connectivity index (χ4v) is 4.54. The van der Waals surface area contributed by atoms with Crippen LogP contribution in [0, 0.1) is 0 Å². The van der Waals surface area contributed by atoms with E-state index in [2.05, 4.69) is 15.4 Å². The predicted octanol–water partition coefficient (Wildman–Crippen LogP) is 3.03. The fourth-order valence-electron chi connectivity index (χ4n) is 3.23. The monoisotopic (exact) mass is 423 g/mol. The van der Waals surface area contributed by atoms with Gasteiger partial charge in [-0.05, 0) is 47.5 Å². The van der Waals surface area contributed by atoms with E-state index in [0.717, 1.165) is 11.3 Å². The van der Waals surface area contributed by atoms with Gasteiger partial charge in [0.1, 0.15) is 16.8 Å². The number of carbonyl (C=O) groups excluding carboxylic acids is 1. The van der Waals surface area contributed by atoms with Crippen molar-refractivity contribution in [1.82, 2.24) is 10.0 Å². The number of nitrogens with one attached hydrogen (secondary N) is 3. The minimum atomic E-state index is -3.61. The molecule has 3 aromatic rings. The Balaban J connectivity index is 1.43. The predicted molar refractivity (Wildman–Crippen MR) is 114 cm³/mol. The van der Waals surface area contributed by atoms with Gasteiger partial charge in [-0.15, -0.1) is 0 Å². The number of fused-ring (bicyclic) bond motifs is 1. The van der Waals surface area contributed by atoms with E-state index >= 15 is 0 Å². The van der Waals surface area contributed by atoms with Crippen molar-refractivity contribution in [2.45, 2.75) is 17.6 Å². The van der Waals surface area contributed by atoms with Crippen LogP contribution in [0.15, 0.2) is 77.7 Å². The molecule has 1 amide bonds. The molecule has 1 heterocycles. The van der Waals surface area contributed by atoms with Gasteiger partial charge in [-0.2, -0.15) is 4.72 Å². The summed E-state index contributed by atoms with van der Waals surface area (Å²) in [4.78, 5) is 12.7. The van der Waals surface area contributed by atoms with Crippen molar-refractivity contribution in [3.05, 3.63) is 89.5 Å². The van der Waals surface area contributed by atoms with Crippen LogP contribution in [0.5, 0.6) is 5.75 Å². The summed E-state index contributed by atoms with van der Waals surface area (Å²) in [7, 11) is -2.01. The molecule has 0 saturated carbocycles. The minimum absolute atomic E-state index is 0.208. The molecule has 7 nitrogen and oxygen atoms in total. The summed E-state index contributed by atoms with van der Waals surface area (Å²) in [5.74, 6) is 0.551. The Morgan fingerprint density at radius 3 is 2.40 bits per heavy atom. The van der Waals surface area contributed by atoms with Crippen molar-refractivity contribution in [3.63, 3.8) is 0 Å². The molecule has 0 saturated heterocycles. The van der Waals surface area contributed by atoms with Crippen molar-refractivity contribution in [1.29, 1.82) is 0 Å². The van der Waals surface area contributed by atoms with Crippen LogP contribution in [-0.4, -0.2) is 21.4 Å². The molecule has 1 aliphatic rings. The van der Waals surface area contributed by atoms with E-state index in [4.69, 9.17) is 4.74 Å². The van der Waals surface area contributed by atoms with Crippen LogP contribution in [0.25, 0.3) is 0 Å². The maximum absolute atomic E-state index is 12.5. The highest BCUT2D eigenvalue weighted by atomic mass is 32.2. The molecule has 1 atom stereocenters. The van der Waals surface area contributed by atoms with Crippen LogP contribution in [0.1, 0.15) is 27.7 Å². The number of methoxy groups -OCH3 is 1. The molecular weight excluding hydrogens is 402 g/mol. The summed E-state index contributed by atoms with van der Waals surface area (Å²) in [6.45, 7) is 0.394. The Labute approximate surface area is 175 Å². The van der Waals surface area contributed by atoms with Gasteiger partial charge < -0.3 is 15.4 Å². The molecule has 1 aliphatic heterocycles. The second kappa shape index (κ2) is 8.17. The molecule has 0 fully saturated rings. The van der Waals surface area contributed by atoms with Crippen LogP contribution in [-0.2, 0) is 16.6 Å². The van der Waals surface area contributed by atoms with E-state index in [1.54, 1.807) is 55.6 Å². The molecule has 0 radical (unpaired) electrons. The van der Waals surface area contributed by atoms with Gasteiger partial charge in [0.2, 0.25) is 10.0 Å². The summed E-state index contributed by atoms with van der Waals surface area (Å²) in [5.41, 5.74) is 2.70. The number of ether oxygens (including phenoxy) is 1. The number of carbonyl (C=O) groups is 1. The Bertz CT molecular complexity index is 1160. The van der Waals surface area contributed by atoms with Gasteiger partial charge in [0, 0.05) is 12.1 Å². The highest BCUT2D eigenvalue weighted by Gasteiger charge is 2.29. The van der Waals surface area contributed by atoms with Gasteiger partial charge in [-0.1, -0.05) is 36.4 Å². The maximum Gasteiger partial charge on any atom is 0.251 e. The van der Waals surface area contributed by atoms with Crippen molar-refractivity contribution in [3.8, 4) is 5.75 Å². The molecule has 1 unspecified atom stereocenters. The lowest BCUT2D eigenvalue weighted by molar-refractivity contribution is 0.0951. The maximum atomic E-state index is 12.5. The zero-order valence-corrected chi connectivity index (χ0v) is 17.1. The molecular formula is C22H21N3O4S. The minimum Gasteiger partial charge on any atom is -0.497 e. The Morgan fingerprint density at radius 2 is 1.70 bits per heavy atom. The van der Waals surface area contributed by atoms with Crippen molar-refractivity contribution >= 4 is 21.6 Å². The number of rotatable bonds is 5. The van der Waals surface area contributed by atoms with Crippen molar-refractivity contribution in [2.24, 2.45) is 0 Å². The smallest absolute Gasteiger partial charge is 0.251 e. The number of para-hydroxylation sites is 1. The highest BCUT2D eigenvalue weighted by molar-refractivity contribution is 7.89. The van der Waals surface area contributed by atoms with Crippen LogP contribution >= 0.6 is 0 Å². The molecule has 8 heteroatoms. The molecule has 3 N–H and O–H groups in total. The van der Waals surface area contributed by atoms with E-state index in [1.807, 2.05) is 24.3 Å². The van der Waals surface area contributed by atoms with Gasteiger partial charge >= 0.3 is 0 Å². The van der Waals surface area contributed by atoms with E-state index in [0.29, 0.717) is 23.4 Å². The lowest BCUT2D eigenvalue weighted by atomic mass is 10.1. The first kappa shape index (κ1) is 19.9. The number of hydrogen-bond donors (Lipinski definition) is 3. The number of anilines is 1. The first-order chi connectivity index (χ1) is 14.5. The number of amides is 1. The third kappa shape index (κ3) is 4.14. The second-order valence-electron chi connectivity index (χ2n) is 6.85. The lowest BCUT2D eigenvalue weighted by Gasteiger charge is -2.28. The topological polar surface area (TPSA) is 96.5 Å². The lowest BCUT2D eigenvalue weighted by Crippen LogP contribution is -2.38. The first-order valence-electron chi connectivity index (χ1n) is 9.35. The third-order valence-electron chi connectivity index (χ3n) is 4.87. The molecule has 0 aliphatic carbocycles. The molecule has 154 valence electrons. The highest BCUT2D eigenvalue weighted by Crippen LogP contribution is 2.30. The van der Waals surface area contributed by atoms with Crippen LogP contribution in [0.3, 0.4) is 0 Å². The average molecular weight is 423 g/mol. The SMILES string of the molecule is COc1ccc(CNC(=O)c2ccc(C3Nc4ccccc4S(=O)(=O)N3)cc2)cc1. The van der Waals surface area contributed by atoms with Crippen LogP contribution in [0.4, 0.5) is 5.69 Å². The van der Waals surface area contributed by atoms with Crippen molar-refractivity contribution in [2.75, 3.05) is 12.4 Å². The number of sulfonamides is 1. The largest absolute Gasteiger partial charge is 0.497 e. The zero-order chi connectivity index (χ0) is 21.1. The molecule has 0 aromatic heterocycles. The number of benzene rings is 3. The normalized spacial score (nSPS) is 16.8. The Hall–Kier alpha value is -3.36. The summed E-state index contributed by atoms with van der Waals surface area (Å²) in [6.07, 6.45) is -0.610. The fraction of sp³-hybridized carbons (Fsp3) is 0.136. The van der Waals surface area contributed by atoms with Crippen LogP contribution in [0.2, 0.25) is 0 Å². The Kier molecular flexibility index (Phi) is 5.43. The summed E-state index contributed by atoms with van der Waals surface area (Å²) in [5, 5.41) is 6.04. The molecule has 30 heavy (non-hydrogen) atoms. The number of hydrogen-bond acceptors (Lipinski definition) is 5. The van der Waals surface area contributed by atoms with Gasteiger partial charge in [0.15, 0.2) is 0 Å². The standard InChI is InChI=1S/C22H21N3O4S/c1-29-18-12-6-15(7-13-18)14-23-22(26)17-10-8-16(9-11-17)21-24-19-4-2-3-5-20(19)30(27,28)25-21/h2-13,21,24-25H,14H2,1H3,(H,23,26). The van der Waals surface area contributed by atoms with Crippen molar-refractivity contribution < 1.29 is 17.9 Å². The average Bonchev–Trinajstić information content (AvgIpc) is 2.77. The molecule has 0 spiro atoms. The Morgan fingerprint density at radius 1 is 1.00 bits per heavy atom. The van der Waals surface area contributed by atoms with Crippen LogP contribution < -0.4 is 20.1 Å². The zero-order valence-electron chi connectivity index (χ0n) is 16.3. The second-order valence-corrected chi connectivity index (χ2v) is 8.53. The summed E-state index contributed by atoms with van der Waals surface area (Å²) >= 11 is 0. The molecule has 3 aromatic carbocycles. The third-order valence-corrected chi connectivity index (χ3v) is 6.35. The van der Waals surface area contributed by atoms with Gasteiger partial charge in [0.05, 0.1) is 12.8 Å². The van der Waals surface area contributed by atoms with Gasteiger partial charge in [-0.25, -0.2) is 8.42 Å². The molecule has 0 bridgehead atoms. The summed E-state index contributed by atoms with van der Waals surface area (Å²) in [6, 6.07) is 21.0. The first-order valence-corrected chi connectivity index (χ1v) is 10.8. The van der Waals surface area contributed by atoms with E-state index in [9.17, 15) is 13.2 Å². The summed E-state index contributed by atoms with van der Waals surface area (Å²) < 4.78 is 32.7.